The molecule has 0 spiro atoms. The van der Waals surface area contributed by atoms with Crippen molar-refractivity contribution in [2.75, 3.05) is 0 Å². The van der Waals surface area contributed by atoms with Crippen molar-refractivity contribution >= 4 is 24.5 Å². The van der Waals surface area contributed by atoms with E-state index in [2.05, 4.69) is 0 Å². The Balaban J connectivity index is 1.55. The van der Waals surface area contributed by atoms with Crippen molar-refractivity contribution in [2.24, 2.45) is 0 Å². The summed E-state index contributed by atoms with van der Waals surface area (Å²) >= 11 is 0. The van der Waals surface area contributed by atoms with Crippen molar-refractivity contribution < 1.29 is 24.0 Å². The number of nitrogens with zero attached hydrogens (tertiary/aromatic N) is 1. The van der Waals surface area contributed by atoms with Gasteiger partial charge in [-0.3, -0.25) is 4.79 Å². The zero-order chi connectivity index (χ0) is 19.3. The summed E-state index contributed by atoms with van der Waals surface area (Å²) in [5.74, 6) is -0.872. The monoisotopic (exact) mass is 377 g/mol. The first kappa shape index (κ1) is 17.5. The van der Waals surface area contributed by atoms with E-state index in [9.17, 15) is 14.8 Å². The van der Waals surface area contributed by atoms with Crippen LogP contribution in [0.15, 0.2) is 59.2 Å². The van der Waals surface area contributed by atoms with Crippen LogP contribution in [-0.2, 0) is 21.7 Å². The smallest absolute Gasteiger partial charge is 0.464 e. The highest BCUT2D eigenvalue weighted by Gasteiger charge is 2.56. The molecular weight excluding hydrogens is 357 g/mol. The summed E-state index contributed by atoms with van der Waals surface area (Å²) in [6.07, 6.45) is 3.89. The van der Waals surface area contributed by atoms with Gasteiger partial charge in [0.25, 0.3) is 0 Å². The predicted molar refractivity (Wildman–Crippen MR) is 103 cm³/mol. The lowest BCUT2D eigenvalue weighted by Gasteiger charge is -2.41. The number of fused-ring (bicyclic) bond motifs is 6. The van der Waals surface area contributed by atoms with Gasteiger partial charge < -0.3 is 24.1 Å². The van der Waals surface area contributed by atoms with Crippen LogP contribution < -0.4 is 0 Å². The van der Waals surface area contributed by atoms with E-state index in [4.69, 9.17) is 9.15 Å². The summed E-state index contributed by atoms with van der Waals surface area (Å²) in [7, 11) is -1.72. The summed E-state index contributed by atoms with van der Waals surface area (Å²) in [6.45, 7) is 0. The number of amides is 1. The van der Waals surface area contributed by atoms with Crippen molar-refractivity contribution in [3.8, 4) is 0 Å². The summed E-state index contributed by atoms with van der Waals surface area (Å²) in [6, 6.07) is 15.4. The largest absolute Gasteiger partial charge is 0.476 e. The molecule has 5 rings (SSSR count). The molecule has 2 aliphatic heterocycles. The molecule has 7 heteroatoms. The molecule has 2 aromatic carbocycles. The summed E-state index contributed by atoms with van der Waals surface area (Å²) in [4.78, 5) is 13.7. The number of carbonyl (C=O) groups is 1. The Bertz CT molecular complexity index is 1030. The second-order valence-electron chi connectivity index (χ2n) is 7.47. The third-order valence-electron chi connectivity index (χ3n) is 6.03. The van der Waals surface area contributed by atoms with Gasteiger partial charge in [-0.2, -0.15) is 0 Å². The molecule has 2 bridgehead atoms. The van der Waals surface area contributed by atoms with E-state index in [1.54, 1.807) is 6.26 Å². The Hall–Kier alpha value is -2.61. The molecule has 1 saturated heterocycles. The van der Waals surface area contributed by atoms with Crippen LogP contribution in [0.4, 0.5) is 0 Å². The van der Waals surface area contributed by atoms with Crippen molar-refractivity contribution in [3.05, 3.63) is 71.5 Å². The molecule has 1 aromatic heterocycles. The van der Waals surface area contributed by atoms with Gasteiger partial charge in [0.1, 0.15) is 5.58 Å². The highest BCUT2D eigenvalue weighted by Crippen LogP contribution is 2.56. The molecule has 0 saturated carbocycles. The van der Waals surface area contributed by atoms with E-state index in [-0.39, 0.29) is 12.5 Å². The molecule has 142 valence electrons. The summed E-state index contributed by atoms with van der Waals surface area (Å²) in [5, 5.41) is 21.3. The lowest BCUT2D eigenvalue weighted by atomic mass is 9.73. The molecule has 0 radical (unpaired) electrons. The summed E-state index contributed by atoms with van der Waals surface area (Å²) in [5.41, 5.74) is 2.58. The molecule has 0 unspecified atom stereocenters. The van der Waals surface area contributed by atoms with Gasteiger partial charge in [0.05, 0.1) is 18.3 Å². The number of ether oxygens (including phenoxy) is 1. The summed E-state index contributed by atoms with van der Waals surface area (Å²) < 4.78 is 11.9. The van der Waals surface area contributed by atoms with E-state index in [1.165, 1.54) is 4.90 Å². The predicted octanol–water partition coefficient (Wildman–Crippen LogP) is 2.53. The first-order chi connectivity index (χ1) is 13.6. The third kappa shape index (κ3) is 2.44. The van der Waals surface area contributed by atoms with Gasteiger partial charge in [0.15, 0.2) is 5.72 Å². The zero-order valence-electron chi connectivity index (χ0n) is 15.2. The highest BCUT2D eigenvalue weighted by atomic mass is 16.5. The Kier molecular flexibility index (Phi) is 4.05. The SMILES string of the molecule is O=CN([C@H](Cc1coc2ccccc12)B(O)O)[C@@]12CC[C@@H](O1)c1ccccc12. The minimum atomic E-state index is -1.72. The molecule has 3 atom stereocenters. The molecule has 6 nitrogen and oxygen atoms in total. The first-order valence-electron chi connectivity index (χ1n) is 9.46. The van der Waals surface area contributed by atoms with Crippen LogP contribution in [0.2, 0.25) is 0 Å². The van der Waals surface area contributed by atoms with Crippen molar-refractivity contribution in [1.29, 1.82) is 0 Å². The molecule has 1 fully saturated rings. The van der Waals surface area contributed by atoms with Gasteiger partial charge in [-0.1, -0.05) is 42.5 Å². The van der Waals surface area contributed by atoms with Crippen LogP contribution in [0.5, 0.6) is 0 Å². The number of furan rings is 1. The lowest BCUT2D eigenvalue weighted by Crippen LogP contribution is -2.56. The van der Waals surface area contributed by atoms with Gasteiger partial charge in [-0.05, 0) is 30.0 Å². The number of para-hydroxylation sites is 1. The fourth-order valence-electron chi connectivity index (χ4n) is 4.75. The Labute approximate surface area is 162 Å². The molecule has 28 heavy (non-hydrogen) atoms. The Morgan fingerprint density at radius 2 is 2.00 bits per heavy atom. The van der Waals surface area contributed by atoms with Gasteiger partial charge in [-0.15, -0.1) is 0 Å². The molecule has 2 N–H and O–H groups in total. The highest BCUT2D eigenvalue weighted by molar-refractivity contribution is 6.43. The van der Waals surface area contributed by atoms with Crippen LogP contribution in [-0.4, -0.2) is 34.4 Å². The number of hydrogen-bond acceptors (Lipinski definition) is 5. The van der Waals surface area contributed by atoms with Crippen LogP contribution in [0.25, 0.3) is 11.0 Å². The average Bonchev–Trinajstić information content (AvgIpc) is 3.41. The maximum absolute atomic E-state index is 12.2. The quantitative estimate of drug-likeness (QED) is 0.510. The van der Waals surface area contributed by atoms with E-state index >= 15 is 0 Å². The minimum absolute atomic E-state index is 0.0649. The maximum atomic E-state index is 12.2. The Morgan fingerprint density at radius 1 is 1.21 bits per heavy atom. The van der Waals surface area contributed by atoms with Gasteiger partial charge >= 0.3 is 7.12 Å². The number of rotatable bonds is 6. The molecule has 3 heterocycles. The number of hydrogen-bond donors (Lipinski definition) is 2. The molecule has 3 aromatic rings. The number of carbonyl (C=O) groups excluding carboxylic acids is 1. The van der Waals surface area contributed by atoms with Crippen LogP contribution >= 0.6 is 0 Å². The maximum Gasteiger partial charge on any atom is 0.476 e. The zero-order valence-corrected chi connectivity index (χ0v) is 15.2. The standard InChI is InChI=1S/C21H20BNO5/c24-13-23(21-10-9-19(28-21)16-6-1-3-7-17(16)21)20(22(25)26)11-14-12-27-18-8-4-2-5-15(14)18/h1-8,12-13,19-20,25-26H,9-11H2/t19-,20-,21+/m1/s1. The normalized spacial score (nSPS) is 23.6. The van der Waals surface area contributed by atoms with E-state index in [0.29, 0.717) is 12.8 Å². The first-order valence-corrected chi connectivity index (χ1v) is 9.46. The Morgan fingerprint density at radius 3 is 2.82 bits per heavy atom. The van der Waals surface area contributed by atoms with Gasteiger partial charge in [-0.25, -0.2) is 0 Å². The van der Waals surface area contributed by atoms with Gasteiger partial charge in [0.2, 0.25) is 6.41 Å². The van der Waals surface area contributed by atoms with Crippen molar-refractivity contribution in [2.45, 2.75) is 37.0 Å². The second-order valence-corrected chi connectivity index (χ2v) is 7.47. The average molecular weight is 377 g/mol. The molecule has 2 aliphatic rings. The third-order valence-corrected chi connectivity index (χ3v) is 6.03. The molecule has 0 aliphatic carbocycles. The van der Waals surface area contributed by atoms with E-state index in [0.717, 1.165) is 34.1 Å². The van der Waals surface area contributed by atoms with Crippen LogP contribution in [0, 0.1) is 0 Å². The van der Waals surface area contributed by atoms with E-state index < -0.39 is 18.8 Å². The lowest BCUT2D eigenvalue weighted by molar-refractivity contribution is -0.162. The van der Waals surface area contributed by atoms with Crippen LogP contribution in [0.3, 0.4) is 0 Å². The number of benzene rings is 2. The van der Waals surface area contributed by atoms with E-state index in [1.807, 2.05) is 48.5 Å². The fourth-order valence-corrected chi connectivity index (χ4v) is 4.75. The molecular formula is C21H20BNO5. The van der Waals surface area contributed by atoms with Crippen molar-refractivity contribution in [1.82, 2.24) is 4.90 Å². The fraction of sp³-hybridized carbons (Fsp3) is 0.286. The molecule has 1 amide bonds. The van der Waals surface area contributed by atoms with Crippen molar-refractivity contribution in [3.63, 3.8) is 0 Å². The van der Waals surface area contributed by atoms with Gasteiger partial charge in [0, 0.05) is 17.4 Å². The second kappa shape index (κ2) is 6.48. The van der Waals surface area contributed by atoms with Crippen LogP contribution in [0.1, 0.15) is 35.6 Å². The topological polar surface area (TPSA) is 83.1 Å². The minimum Gasteiger partial charge on any atom is -0.464 e.